The molecule has 0 spiro atoms. The highest BCUT2D eigenvalue weighted by atomic mass is 35.5. The van der Waals surface area contributed by atoms with E-state index in [9.17, 15) is 8.42 Å². The average molecular weight is 284 g/mol. The lowest BCUT2D eigenvalue weighted by Crippen LogP contribution is -2.47. The van der Waals surface area contributed by atoms with Crippen molar-refractivity contribution in [2.75, 3.05) is 33.2 Å². The first-order valence-electron chi connectivity index (χ1n) is 6.08. The summed E-state index contributed by atoms with van der Waals surface area (Å²) in [5.74, 6) is 0. The topological polar surface area (TPSA) is 52.7 Å². The summed E-state index contributed by atoms with van der Waals surface area (Å²) in [6, 6.07) is 0.149. The van der Waals surface area contributed by atoms with E-state index in [0.29, 0.717) is 19.6 Å². The number of nitrogens with one attached hydrogen (secondary N) is 1. The van der Waals surface area contributed by atoms with Gasteiger partial charge >= 0.3 is 0 Å². The molecule has 102 valence electrons. The molecule has 17 heavy (non-hydrogen) atoms. The van der Waals surface area contributed by atoms with Crippen molar-refractivity contribution in [3.05, 3.63) is 0 Å². The second-order valence-electron chi connectivity index (χ2n) is 4.58. The first kappa shape index (κ1) is 15.2. The molecule has 0 amide bonds. The zero-order chi connectivity index (χ0) is 11.6. The normalized spacial score (nSPS) is 27.2. The summed E-state index contributed by atoms with van der Waals surface area (Å²) < 4.78 is 28.0. The van der Waals surface area contributed by atoms with E-state index in [-0.39, 0.29) is 18.4 Å². The Hall–Kier alpha value is 0.120. The first-order valence-corrected chi connectivity index (χ1v) is 7.47. The first-order chi connectivity index (χ1) is 7.66. The molecular weight excluding hydrogens is 262 g/mol. The predicted molar refractivity (Wildman–Crippen MR) is 70.6 cm³/mol. The van der Waals surface area contributed by atoms with Crippen molar-refractivity contribution in [1.29, 1.82) is 0 Å². The summed E-state index contributed by atoms with van der Waals surface area (Å²) in [4.78, 5) is 0. The van der Waals surface area contributed by atoms with E-state index in [0.717, 1.165) is 32.2 Å². The largest absolute Gasteiger partial charge is 0.318 e. The quantitative estimate of drug-likeness (QED) is 0.814. The summed E-state index contributed by atoms with van der Waals surface area (Å²) in [5.41, 5.74) is 0. The highest BCUT2D eigenvalue weighted by Gasteiger charge is 2.38. The van der Waals surface area contributed by atoms with E-state index in [1.54, 1.807) is 8.61 Å². The van der Waals surface area contributed by atoms with Crippen LogP contribution in [0.3, 0.4) is 0 Å². The molecule has 0 aromatic heterocycles. The number of likely N-dealkylation sites (N-methyl/N-ethyl adjacent to an activating group) is 1. The number of nitrogens with zero attached hydrogens (tertiary/aromatic N) is 2. The molecule has 1 N–H and O–H groups in total. The highest BCUT2D eigenvalue weighted by Crippen LogP contribution is 2.25. The van der Waals surface area contributed by atoms with Gasteiger partial charge in [0, 0.05) is 32.2 Å². The van der Waals surface area contributed by atoms with Gasteiger partial charge in [0.2, 0.25) is 0 Å². The molecule has 1 unspecified atom stereocenters. The van der Waals surface area contributed by atoms with Gasteiger partial charge in [0.05, 0.1) is 0 Å². The van der Waals surface area contributed by atoms with Gasteiger partial charge in [0.25, 0.3) is 10.2 Å². The Morgan fingerprint density at radius 3 is 2.41 bits per heavy atom. The van der Waals surface area contributed by atoms with Crippen molar-refractivity contribution in [2.24, 2.45) is 0 Å². The molecule has 2 fully saturated rings. The van der Waals surface area contributed by atoms with Gasteiger partial charge in [-0.1, -0.05) is 0 Å². The van der Waals surface area contributed by atoms with Crippen molar-refractivity contribution < 1.29 is 8.42 Å². The molecule has 2 rings (SSSR count). The SMILES string of the molecule is CNCC1CCCN1S(=O)(=O)N1CCCC1.Cl. The molecule has 1 atom stereocenters. The lowest BCUT2D eigenvalue weighted by molar-refractivity contribution is 0.339. The Bertz CT molecular complexity index is 330. The molecule has 2 saturated heterocycles. The van der Waals surface area contributed by atoms with Crippen LogP contribution in [0, 0.1) is 0 Å². The minimum absolute atomic E-state index is 0. The van der Waals surface area contributed by atoms with Crippen molar-refractivity contribution in [3.63, 3.8) is 0 Å². The number of rotatable bonds is 4. The second-order valence-corrected chi connectivity index (χ2v) is 6.46. The molecule has 0 aromatic carbocycles. The van der Waals surface area contributed by atoms with Crippen LogP contribution in [0.5, 0.6) is 0 Å². The Kier molecular flexibility index (Phi) is 5.66. The van der Waals surface area contributed by atoms with E-state index in [4.69, 9.17) is 0 Å². The van der Waals surface area contributed by atoms with Gasteiger partial charge in [0.1, 0.15) is 0 Å². The maximum atomic E-state index is 12.3. The van der Waals surface area contributed by atoms with Crippen LogP contribution < -0.4 is 5.32 Å². The van der Waals surface area contributed by atoms with Gasteiger partial charge < -0.3 is 5.32 Å². The smallest absolute Gasteiger partial charge is 0.282 e. The second kappa shape index (κ2) is 6.33. The lowest BCUT2D eigenvalue weighted by atomic mass is 10.2. The van der Waals surface area contributed by atoms with Gasteiger partial charge in [-0.15, -0.1) is 12.4 Å². The van der Waals surface area contributed by atoms with Gasteiger partial charge in [0.15, 0.2) is 0 Å². The fraction of sp³-hybridized carbons (Fsp3) is 1.00. The Morgan fingerprint density at radius 1 is 1.18 bits per heavy atom. The Balaban J connectivity index is 0.00000144. The van der Waals surface area contributed by atoms with Crippen molar-refractivity contribution in [3.8, 4) is 0 Å². The Morgan fingerprint density at radius 2 is 1.82 bits per heavy atom. The van der Waals surface area contributed by atoms with Gasteiger partial charge in [-0.25, -0.2) is 0 Å². The molecule has 7 heteroatoms. The molecule has 2 aliphatic rings. The van der Waals surface area contributed by atoms with Gasteiger partial charge in [-0.2, -0.15) is 17.0 Å². The third-order valence-corrected chi connectivity index (χ3v) is 5.54. The van der Waals surface area contributed by atoms with Crippen LogP contribution in [-0.4, -0.2) is 56.3 Å². The van der Waals surface area contributed by atoms with Gasteiger partial charge in [-0.05, 0) is 32.7 Å². The summed E-state index contributed by atoms with van der Waals surface area (Å²) in [6.45, 7) is 2.84. The fourth-order valence-corrected chi connectivity index (χ4v) is 4.55. The van der Waals surface area contributed by atoms with E-state index >= 15 is 0 Å². The fourth-order valence-electron chi connectivity index (χ4n) is 2.62. The molecule has 2 heterocycles. The van der Waals surface area contributed by atoms with Crippen molar-refractivity contribution in [1.82, 2.24) is 13.9 Å². The maximum absolute atomic E-state index is 12.3. The summed E-state index contributed by atoms with van der Waals surface area (Å²) in [5, 5.41) is 3.08. The highest BCUT2D eigenvalue weighted by molar-refractivity contribution is 7.86. The monoisotopic (exact) mass is 283 g/mol. The molecule has 0 saturated carbocycles. The summed E-state index contributed by atoms with van der Waals surface area (Å²) in [6.07, 6.45) is 3.97. The molecule has 2 aliphatic heterocycles. The maximum Gasteiger partial charge on any atom is 0.282 e. The summed E-state index contributed by atoms with van der Waals surface area (Å²) in [7, 11) is -1.31. The van der Waals surface area contributed by atoms with Crippen LogP contribution in [0.1, 0.15) is 25.7 Å². The van der Waals surface area contributed by atoms with Crippen LogP contribution in [0.4, 0.5) is 0 Å². The van der Waals surface area contributed by atoms with E-state index in [1.165, 1.54) is 0 Å². The zero-order valence-electron chi connectivity index (χ0n) is 10.3. The third-order valence-electron chi connectivity index (χ3n) is 3.45. The predicted octanol–water partition coefficient (Wildman–Crippen LogP) is 0.433. The van der Waals surface area contributed by atoms with Crippen LogP contribution in [0.15, 0.2) is 0 Å². The molecule has 0 aromatic rings. The van der Waals surface area contributed by atoms with Gasteiger partial charge in [-0.3, -0.25) is 0 Å². The standard InChI is InChI=1S/C10H21N3O2S.ClH/c1-11-9-10-5-4-8-13(10)16(14,15)12-6-2-3-7-12;/h10-11H,2-9H2,1H3;1H. The van der Waals surface area contributed by atoms with E-state index in [2.05, 4.69) is 5.32 Å². The van der Waals surface area contributed by atoms with Crippen LogP contribution >= 0.6 is 12.4 Å². The van der Waals surface area contributed by atoms with Crippen LogP contribution in [0.25, 0.3) is 0 Å². The van der Waals surface area contributed by atoms with E-state index < -0.39 is 10.2 Å². The third kappa shape index (κ3) is 3.12. The minimum Gasteiger partial charge on any atom is -0.318 e. The summed E-state index contributed by atoms with van der Waals surface area (Å²) >= 11 is 0. The minimum atomic E-state index is -3.18. The molecular formula is C10H22ClN3O2S. The average Bonchev–Trinajstić information content (AvgIpc) is 2.88. The molecule has 0 radical (unpaired) electrons. The number of halogens is 1. The van der Waals surface area contributed by atoms with Crippen molar-refractivity contribution in [2.45, 2.75) is 31.7 Å². The van der Waals surface area contributed by atoms with Crippen LogP contribution in [-0.2, 0) is 10.2 Å². The van der Waals surface area contributed by atoms with E-state index in [1.807, 2.05) is 7.05 Å². The molecule has 0 aliphatic carbocycles. The lowest BCUT2D eigenvalue weighted by Gasteiger charge is -2.28. The molecule has 5 nitrogen and oxygen atoms in total. The molecule has 0 bridgehead atoms. The Labute approximate surface area is 110 Å². The number of hydrogen-bond donors (Lipinski definition) is 1. The van der Waals surface area contributed by atoms with Crippen molar-refractivity contribution >= 4 is 22.6 Å². The number of hydrogen-bond acceptors (Lipinski definition) is 3. The zero-order valence-corrected chi connectivity index (χ0v) is 11.9. The van der Waals surface area contributed by atoms with Crippen LogP contribution in [0.2, 0.25) is 0 Å².